The molecule has 1 rings (SSSR count). The molecule has 0 unspecified atom stereocenters. The normalized spacial score (nSPS) is 12.6. The molecule has 0 aliphatic carbocycles. The van der Waals surface area contributed by atoms with Crippen molar-refractivity contribution in [1.29, 1.82) is 0 Å². The number of nitrogens with one attached hydrogen (secondary N) is 1. The van der Waals surface area contributed by atoms with Gasteiger partial charge in [0.05, 0.1) is 25.8 Å². The summed E-state index contributed by atoms with van der Waals surface area (Å²) >= 11 is 0. The molecule has 0 saturated heterocycles. The van der Waals surface area contributed by atoms with E-state index in [4.69, 9.17) is 18.5 Å². The fraction of sp³-hybridized carbons (Fsp3) is 0.609. The van der Waals surface area contributed by atoms with E-state index in [1.165, 1.54) is 0 Å². The van der Waals surface area contributed by atoms with Crippen LogP contribution in [0.5, 0.6) is 0 Å². The Kier molecular flexibility index (Phi) is 12.3. The van der Waals surface area contributed by atoms with Crippen LogP contribution in [0, 0.1) is 0 Å². The van der Waals surface area contributed by atoms with E-state index in [2.05, 4.69) is 5.32 Å². The Hall–Kier alpha value is -2.22. The van der Waals surface area contributed by atoms with Gasteiger partial charge in [-0.2, -0.15) is 0 Å². The van der Waals surface area contributed by atoms with Crippen molar-refractivity contribution in [2.75, 3.05) is 19.4 Å². The van der Waals surface area contributed by atoms with Crippen molar-refractivity contribution < 1.29 is 37.5 Å². The maximum atomic E-state index is 12.6. The number of amides is 1. The summed E-state index contributed by atoms with van der Waals surface area (Å²) in [5, 5.41) is 2.53. The molecule has 1 atom stereocenters. The zero-order chi connectivity index (χ0) is 24.9. The van der Waals surface area contributed by atoms with Crippen LogP contribution in [0.4, 0.5) is 0 Å². The van der Waals surface area contributed by atoms with Gasteiger partial charge in [-0.3, -0.25) is 14.2 Å². The molecule has 186 valence electrons. The quantitative estimate of drug-likeness (QED) is 0.310. The van der Waals surface area contributed by atoms with E-state index in [-0.39, 0.29) is 45.2 Å². The molecule has 9 nitrogen and oxygen atoms in total. The molecule has 1 aromatic carbocycles. The molecule has 10 heteroatoms. The van der Waals surface area contributed by atoms with Crippen molar-refractivity contribution in [2.24, 2.45) is 0 Å². The minimum absolute atomic E-state index is 0.0253. The Bertz CT molecular complexity index is 796. The van der Waals surface area contributed by atoms with Crippen LogP contribution in [0.15, 0.2) is 30.3 Å². The van der Waals surface area contributed by atoms with Gasteiger partial charge < -0.3 is 23.8 Å². The maximum Gasteiger partial charge on any atom is 0.330 e. The van der Waals surface area contributed by atoms with Crippen LogP contribution in [0.3, 0.4) is 0 Å². The summed E-state index contributed by atoms with van der Waals surface area (Å²) in [4.78, 5) is 37.3. The van der Waals surface area contributed by atoms with E-state index >= 15 is 0 Å². The highest BCUT2D eigenvalue weighted by Gasteiger charge is 2.30. The van der Waals surface area contributed by atoms with Crippen LogP contribution in [-0.2, 0) is 44.1 Å². The number of esters is 2. The smallest absolute Gasteiger partial charge is 0.330 e. The van der Waals surface area contributed by atoms with E-state index in [1.54, 1.807) is 34.6 Å². The fourth-order valence-corrected chi connectivity index (χ4v) is 4.45. The Morgan fingerprint density at radius 1 is 1.03 bits per heavy atom. The first-order valence-corrected chi connectivity index (χ1v) is 12.8. The zero-order valence-electron chi connectivity index (χ0n) is 20.1. The fourth-order valence-electron chi connectivity index (χ4n) is 2.79. The van der Waals surface area contributed by atoms with E-state index in [0.29, 0.717) is 0 Å². The molecule has 0 aromatic heterocycles. The van der Waals surface area contributed by atoms with Crippen LogP contribution in [0.2, 0.25) is 0 Å². The van der Waals surface area contributed by atoms with Gasteiger partial charge in [0.25, 0.3) is 0 Å². The molecular formula is C23H36NO8P. The van der Waals surface area contributed by atoms with Gasteiger partial charge in [-0.25, -0.2) is 4.79 Å². The SMILES string of the molecule is CCOP(=O)(CCCC(=O)N[C@@H](CC(=O)OCc1ccccc1)C(=O)OC(C)(C)C)OCC. The second-order valence-electron chi connectivity index (χ2n) is 8.28. The van der Waals surface area contributed by atoms with Crippen molar-refractivity contribution >= 4 is 25.4 Å². The third-order valence-corrected chi connectivity index (χ3v) is 6.29. The number of carbonyl (C=O) groups is 3. The maximum absolute atomic E-state index is 12.6. The van der Waals surface area contributed by atoms with Crippen molar-refractivity contribution in [3.05, 3.63) is 35.9 Å². The van der Waals surface area contributed by atoms with E-state index in [0.717, 1.165) is 5.56 Å². The number of benzene rings is 1. The molecule has 33 heavy (non-hydrogen) atoms. The lowest BCUT2D eigenvalue weighted by molar-refractivity contribution is -0.162. The van der Waals surface area contributed by atoms with Gasteiger partial charge in [-0.1, -0.05) is 30.3 Å². The lowest BCUT2D eigenvalue weighted by Gasteiger charge is -2.24. The monoisotopic (exact) mass is 485 g/mol. The summed E-state index contributed by atoms with van der Waals surface area (Å²) in [5.74, 6) is -1.87. The van der Waals surface area contributed by atoms with Gasteiger partial charge in [-0.15, -0.1) is 0 Å². The molecule has 0 aliphatic rings. The van der Waals surface area contributed by atoms with Crippen LogP contribution in [0.25, 0.3) is 0 Å². The van der Waals surface area contributed by atoms with Gasteiger partial charge >= 0.3 is 19.5 Å². The first kappa shape index (κ1) is 28.8. The van der Waals surface area contributed by atoms with Crippen LogP contribution in [-0.4, -0.2) is 48.9 Å². The minimum atomic E-state index is -3.26. The average molecular weight is 486 g/mol. The molecule has 0 fully saturated rings. The largest absolute Gasteiger partial charge is 0.461 e. The molecule has 1 amide bonds. The van der Waals surface area contributed by atoms with E-state index < -0.39 is 37.1 Å². The topological polar surface area (TPSA) is 117 Å². The predicted molar refractivity (Wildman–Crippen MR) is 124 cm³/mol. The second kappa shape index (κ2) is 14.1. The summed E-state index contributed by atoms with van der Waals surface area (Å²) in [5.41, 5.74) is 0.00652. The summed E-state index contributed by atoms with van der Waals surface area (Å²) < 4.78 is 33.5. The minimum Gasteiger partial charge on any atom is -0.461 e. The van der Waals surface area contributed by atoms with Crippen molar-refractivity contribution in [3.8, 4) is 0 Å². The summed E-state index contributed by atoms with van der Waals surface area (Å²) in [6.45, 7) is 9.01. The zero-order valence-corrected chi connectivity index (χ0v) is 21.0. The Morgan fingerprint density at radius 3 is 2.18 bits per heavy atom. The Morgan fingerprint density at radius 2 is 1.64 bits per heavy atom. The van der Waals surface area contributed by atoms with Crippen molar-refractivity contribution in [1.82, 2.24) is 5.32 Å². The summed E-state index contributed by atoms with van der Waals surface area (Å²) in [7, 11) is -3.26. The van der Waals surface area contributed by atoms with Gasteiger partial charge in [0, 0.05) is 6.42 Å². The Labute approximate surface area is 196 Å². The van der Waals surface area contributed by atoms with Gasteiger partial charge in [0.2, 0.25) is 5.91 Å². The van der Waals surface area contributed by atoms with Crippen LogP contribution < -0.4 is 5.32 Å². The number of ether oxygens (including phenoxy) is 2. The second-order valence-corrected chi connectivity index (χ2v) is 10.5. The molecule has 1 N–H and O–H groups in total. The molecule has 0 bridgehead atoms. The number of carbonyl (C=O) groups excluding carboxylic acids is 3. The molecule has 0 radical (unpaired) electrons. The highest BCUT2D eigenvalue weighted by Crippen LogP contribution is 2.48. The molecule has 0 aliphatic heterocycles. The molecule has 0 spiro atoms. The third-order valence-electron chi connectivity index (χ3n) is 4.13. The van der Waals surface area contributed by atoms with Gasteiger partial charge in [0.15, 0.2) is 0 Å². The van der Waals surface area contributed by atoms with Crippen LogP contribution in [0.1, 0.15) is 59.4 Å². The lowest BCUT2D eigenvalue weighted by atomic mass is 10.1. The standard InChI is InChI=1S/C23H36NO8P/c1-6-30-33(28,31-7-2)15-11-14-20(25)24-19(22(27)32-23(3,4)5)16-21(26)29-17-18-12-9-8-10-13-18/h8-10,12-13,19H,6-7,11,14-17H2,1-5H3,(H,24,25)/t19-/m0/s1. The molecule has 1 aromatic rings. The molecule has 0 saturated carbocycles. The molecule has 0 heterocycles. The van der Waals surface area contributed by atoms with Gasteiger partial charge in [-0.05, 0) is 46.6 Å². The first-order chi connectivity index (χ1) is 15.5. The highest BCUT2D eigenvalue weighted by molar-refractivity contribution is 7.53. The molecular weight excluding hydrogens is 449 g/mol. The first-order valence-electron chi connectivity index (χ1n) is 11.1. The van der Waals surface area contributed by atoms with E-state index in [1.807, 2.05) is 30.3 Å². The van der Waals surface area contributed by atoms with Crippen molar-refractivity contribution in [2.45, 2.75) is 72.1 Å². The third kappa shape index (κ3) is 12.6. The van der Waals surface area contributed by atoms with Gasteiger partial charge in [0.1, 0.15) is 18.2 Å². The van der Waals surface area contributed by atoms with E-state index in [9.17, 15) is 18.9 Å². The highest BCUT2D eigenvalue weighted by atomic mass is 31.2. The van der Waals surface area contributed by atoms with Crippen LogP contribution >= 0.6 is 7.60 Å². The summed E-state index contributed by atoms with van der Waals surface area (Å²) in [6.07, 6.45) is -0.104. The van der Waals surface area contributed by atoms with Crippen molar-refractivity contribution in [3.63, 3.8) is 0 Å². The summed E-state index contributed by atoms with van der Waals surface area (Å²) in [6, 6.07) is 7.91. The number of rotatable bonds is 14. The number of hydrogen-bond acceptors (Lipinski definition) is 8. The Balaban J connectivity index is 2.69. The predicted octanol–water partition coefficient (Wildman–Crippen LogP) is 3.99. The average Bonchev–Trinajstić information content (AvgIpc) is 2.71. The lowest BCUT2D eigenvalue weighted by Crippen LogP contribution is -2.45. The number of hydrogen-bond donors (Lipinski definition) is 1.